The summed E-state index contributed by atoms with van der Waals surface area (Å²) in [5.41, 5.74) is 4.02. The van der Waals surface area contributed by atoms with Gasteiger partial charge in [0.1, 0.15) is 11.7 Å². The zero-order valence-corrected chi connectivity index (χ0v) is 18.7. The van der Waals surface area contributed by atoms with Crippen molar-refractivity contribution in [2.45, 2.75) is 26.3 Å². The Balaban J connectivity index is 1.76. The van der Waals surface area contributed by atoms with Crippen molar-refractivity contribution in [3.63, 3.8) is 0 Å². The van der Waals surface area contributed by atoms with E-state index < -0.39 is 0 Å². The quantitative estimate of drug-likeness (QED) is 0.590. The number of hydrogen-bond donors (Lipinski definition) is 2. The monoisotopic (exact) mass is 485 g/mol. The van der Waals surface area contributed by atoms with Crippen LogP contribution in [0.2, 0.25) is 0 Å². The number of fused-ring (bicyclic) bond motifs is 1. The smallest absolute Gasteiger partial charge is 0.282 e. The maximum atomic E-state index is 13.0. The van der Waals surface area contributed by atoms with Crippen LogP contribution in [0.4, 0.5) is 0 Å². The third-order valence-corrected chi connectivity index (χ3v) is 5.56. The normalized spacial score (nSPS) is 17.2. The molecule has 1 aliphatic rings. The van der Waals surface area contributed by atoms with Crippen LogP contribution >= 0.6 is 15.9 Å². The predicted octanol–water partition coefficient (Wildman–Crippen LogP) is 2.84. The number of phenolic OH excluding ortho intramolecular Hbond substituents is 1. The van der Waals surface area contributed by atoms with E-state index in [9.17, 15) is 14.7 Å². The van der Waals surface area contributed by atoms with E-state index in [1.807, 2.05) is 6.07 Å². The molecule has 1 amide bonds. The number of amidine groups is 1. The molecule has 31 heavy (non-hydrogen) atoms. The van der Waals surface area contributed by atoms with Crippen molar-refractivity contribution in [2.24, 2.45) is 5.10 Å². The Labute approximate surface area is 186 Å². The molecule has 160 valence electrons. The van der Waals surface area contributed by atoms with Gasteiger partial charge in [-0.05, 0) is 42.8 Å². The molecule has 0 aliphatic carbocycles. The van der Waals surface area contributed by atoms with Crippen molar-refractivity contribution >= 4 is 38.6 Å². The topological polar surface area (TPSA) is 109 Å². The first-order valence-electron chi connectivity index (χ1n) is 9.48. The van der Waals surface area contributed by atoms with Crippen LogP contribution in [0.25, 0.3) is 10.9 Å². The van der Waals surface area contributed by atoms with Gasteiger partial charge >= 0.3 is 0 Å². The van der Waals surface area contributed by atoms with Crippen LogP contribution in [-0.4, -0.2) is 38.6 Å². The van der Waals surface area contributed by atoms with Crippen molar-refractivity contribution in [3.8, 4) is 11.5 Å². The van der Waals surface area contributed by atoms with Crippen LogP contribution in [0.15, 0.2) is 50.8 Å². The zero-order chi connectivity index (χ0) is 22.3. The van der Waals surface area contributed by atoms with E-state index in [0.29, 0.717) is 34.7 Å². The summed E-state index contributed by atoms with van der Waals surface area (Å²) in [4.78, 5) is 29.7. The third kappa shape index (κ3) is 3.86. The van der Waals surface area contributed by atoms with Crippen LogP contribution in [0.1, 0.15) is 30.8 Å². The fraction of sp³-hybridized carbons (Fsp3) is 0.238. The lowest BCUT2D eigenvalue weighted by molar-refractivity contribution is -0.132. The number of nitrogens with one attached hydrogen (secondary N) is 1. The molecule has 2 aromatic carbocycles. The Morgan fingerprint density at radius 3 is 2.81 bits per heavy atom. The van der Waals surface area contributed by atoms with Crippen molar-refractivity contribution in [3.05, 3.63) is 62.6 Å². The molecule has 2 heterocycles. The number of nitrogens with zero attached hydrogens (tertiary/aromatic N) is 4. The van der Waals surface area contributed by atoms with Gasteiger partial charge < -0.3 is 9.84 Å². The summed E-state index contributed by atoms with van der Waals surface area (Å²) in [7, 11) is 1.46. The summed E-state index contributed by atoms with van der Waals surface area (Å²) in [6.45, 7) is 3.14. The van der Waals surface area contributed by atoms with Gasteiger partial charge in [-0.15, -0.1) is 5.10 Å². The van der Waals surface area contributed by atoms with E-state index in [-0.39, 0.29) is 23.3 Å². The van der Waals surface area contributed by atoms with Crippen molar-refractivity contribution < 1.29 is 14.6 Å². The van der Waals surface area contributed by atoms with Gasteiger partial charge in [0, 0.05) is 17.8 Å². The molecule has 1 atom stereocenters. The molecule has 9 nitrogen and oxygen atoms in total. The van der Waals surface area contributed by atoms with Crippen LogP contribution in [-0.2, 0) is 4.79 Å². The number of benzene rings is 2. The Hall–Kier alpha value is -3.40. The Kier molecular flexibility index (Phi) is 5.40. The number of ether oxygens (including phenoxy) is 1. The second-order valence-corrected chi connectivity index (χ2v) is 8.05. The number of carbonyl (C=O) groups excluding carboxylic acids is 1. The Bertz CT molecular complexity index is 1290. The van der Waals surface area contributed by atoms with Gasteiger partial charge in [0.25, 0.3) is 5.56 Å². The molecule has 0 spiro atoms. The second kappa shape index (κ2) is 8.03. The number of hydrazine groups is 1. The first-order valence-corrected chi connectivity index (χ1v) is 10.3. The lowest BCUT2D eigenvalue weighted by atomic mass is 10.0. The van der Waals surface area contributed by atoms with Crippen LogP contribution in [0, 0.1) is 6.92 Å². The van der Waals surface area contributed by atoms with E-state index in [0.717, 1.165) is 10.0 Å². The van der Waals surface area contributed by atoms with E-state index in [2.05, 4.69) is 31.4 Å². The number of halogens is 1. The lowest BCUT2D eigenvalue weighted by Crippen LogP contribution is -2.39. The van der Waals surface area contributed by atoms with Crippen LogP contribution in [0.3, 0.4) is 0 Å². The minimum Gasteiger partial charge on any atom is -0.504 e. The molecule has 10 heteroatoms. The number of carbonyl (C=O) groups is 1. The highest BCUT2D eigenvalue weighted by Gasteiger charge is 2.33. The number of aromatic hydroxyl groups is 1. The number of hydrogen-bond acceptors (Lipinski definition) is 6. The molecule has 2 N–H and O–H groups in total. The van der Waals surface area contributed by atoms with Crippen molar-refractivity contribution in [2.75, 3.05) is 7.11 Å². The lowest BCUT2D eigenvalue weighted by Gasteiger charge is -2.22. The molecule has 4 rings (SSSR count). The van der Waals surface area contributed by atoms with E-state index in [1.54, 1.807) is 31.2 Å². The molecular formula is C21H20BrN5O4. The molecule has 0 radical (unpaired) electrons. The standard InChI is InChI=1S/C21H20BrN5O4/c1-11-23-16-6-5-14(22)9-15(16)21(30)26(11)24-20-10-17(27(25-20)12(2)28)13-4-7-18(29)19(8-13)31-3/h4-9,17,29H,10H2,1-3H3,(H,24,25). The minimum absolute atomic E-state index is 0.0102. The first-order chi connectivity index (χ1) is 14.8. The summed E-state index contributed by atoms with van der Waals surface area (Å²) in [5.74, 6) is 0.970. The van der Waals surface area contributed by atoms with Gasteiger partial charge in [0.2, 0.25) is 5.91 Å². The fourth-order valence-electron chi connectivity index (χ4n) is 3.57. The number of aromatic nitrogens is 2. The van der Waals surface area contributed by atoms with Gasteiger partial charge in [-0.25, -0.2) is 9.99 Å². The first kappa shape index (κ1) is 20.9. The van der Waals surface area contributed by atoms with Crippen LogP contribution < -0.4 is 15.7 Å². The van der Waals surface area contributed by atoms with E-state index >= 15 is 0 Å². The molecule has 1 aliphatic heterocycles. The van der Waals surface area contributed by atoms with Gasteiger partial charge in [0.15, 0.2) is 11.5 Å². The average molecular weight is 486 g/mol. The maximum absolute atomic E-state index is 13.0. The number of rotatable bonds is 3. The van der Waals surface area contributed by atoms with Gasteiger partial charge in [-0.2, -0.15) is 4.68 Å². The maximum Gasteiger partial charge on any atom is 0.282 e. The summed E-state index contributed by atoms with van der Waals surface area (Å²) >= 11 is 3.38. The van der Waals surface area contributed by atoms with E-state index in [4.69, 9.17) is 4.74 Å². The summed E-state index contributed by atoms with van der Waals surface area (Å²) in [6.07, 6.45) is 0.343. The zero-order valence-electron chi connectivity index (χ0n) is 17.1. The Morgan fingerprint density at radius 1 is 1.32 bits per heavy atom. The minimum atomic E-state index is -0.385. The van der Waals surface area contributed by atoms with Crippen molar-refractivity contribution in [1.82, 2.24) is 20.1 Å². The summed E-state index contributed by atoms with van der Waals surface area (Å²) in [6, 6.07) is 9.82. The van der Waals surface area contributed by atoms with Gasteiger partial charge in [0.05, 0.1) is 24.1 Å². The summed E-state index contributed by atoms with van der Waals surface area (Å²) in [5, 5.41) is 16.2. The van der Waals surface area contributed by atoms with E-state index in [1.165, 1.54) is 29.8 Å². The number of aryl methyl sites for hydroxylation is 1. The highest BCUT2D eigenvalue weighted by atomic mass is 79.9. The predicted molar refractivity (Wildman–Crippen MR) is 119 cm³/mol. The van der Waals surface area contributed by atoms with Gasteiger partial charge in [-0.3, -0.25) is 15.0 Å². The molecule has 1 aromatic heterocycles. The largest absolute Gasteiger partial charge is 0.504 e. The molecule has 3 aromatic rings. The number of methoxy groups -OCH3 is 1. The fourth-order valence-corrected chi connectivity index (χ4v) is 3.93. The molecule has 0 saturated carbocycles. The van der Waals surface area contributed by atoms with Gasteiger partial charge in [-0.1, -0.05) is 22.0 Å². The SMILES string of the molecule is COc1cc(C2CC(=Nn3c(C)nc4ccc(Br)cc4c3=O)NN2C(C)=O)ccc1O. The molecule has 0 bridgehead atoms. The highest BCUT2D eigenvalue weighted by molar-refractivity contribution is 9.10. The number of amides is 1. The molecule has 1 unspecified atom stereocenters. The average Bonchev–Trinajstić information content (AvgIpc) is 3.16. The molecule has 1 saturated heterocycles. The number of phenols is 1. The summed E-state index contributed by atoms with van der Waals surface area (Å²) < 4.78 is 7.18. The highest BCUT2D eigenvalue weighted by Crippen LogP contribution is 2.34. The molecule has 1 fully saturated rings. The second-order valence-electron chi connectivity index (χ2n) is 7.14. The molecular weight excluding hydrogens is 466 g/mol. The van der Waals surface area contributed by atoms with Crippen LogP contribution in [0.5, 0.6) is 11.5 Å². The Morgan fingerprint density at radius 2 is 2.10 bits per heavy atom. The van der Waals surface area contributed by atoms with Crippen molar-refractivity contribution in [1.29, 1.82) is 0 Å². The third-order valence-electron chi connectivity index (χ3n) is 5.07.